The standard InChI is InChI=1S/C16H30N2O2/c1-5-8-13-16(20)18(11-7-10-12(3)4)14(9-6-2)15(19)17-13/h12-14H,5-11H2,1-4H3,(H,17,19). The van der Waals surface area contributed by atoms with E-state index >= 15 is 0 Å². The van der Waals surface area contributed by atoms with Crippen LogP contribution in [0.1, 0.15) is 66.2 Å². The molecule has 1 saturated heterocycles. The van der Waals surface area contributed by atoms with Crippen molar-refractivity contribution in [2.24, 2.45) is 5.92 Å². The summed E-state index contributed by atoms with van der Waals surface area (Å²) in [7, 11) is 0. The van der Waals surface area contributed by atoms with Gasteiger partial charge in [0, 0.05) is 6.54 Å². The highest BCUT2D eigenvalue weighted by Gasteiger charge is 2.38. The Morgan fingerprint density at radius 3 is 2.35 bits per heavy atom. The van der Waals surface area contributed by atoms with Gasteiger partial charge in [-0.25, -0.2) is 0 Å². The molecule has 2 atom stereocenters. The quantitative estimate of drug-likeness (QED) is 0.744. The highest BCUT2D eigenvalue weighted by Crippen LogP contribution is 2.18. The van der Waals surface area contributed by atoms with Crippen molar-refractivity contribution in [3.63, 3.8) is 0 Å². The summed E-state index contributed by atoms with van der Waals surface area (Å²) >= 11 is 0. The van der Waals surface area contributed by atoms with Crippen LogP contribution in [0.5, 0.6) is 0 Å². The maximum Gasteiger partial charge on any atom is 0.245 e. The molecule has 0 aromatic heterocycles. The van der Waals surface area contributed by atoms with Crippen molar-refractivity contribution in [2.45, 2.75) is 78.3 Å². The van der Waals surface area contributed by atoms with Gasteiger partial charge in [-0.15, -0.1) is 0 Å². The molecule has 0 aliphatic carbocycles. The third kappa shape index (κ3) is 4.50. The summed E-state index contributed by atoms with van der Waals surface area (Å²) in [5.74, 6) is 0.794. The smallest absolute Gasteiger partial charge is 0.245 e. The van der Waals surface area contributed by atoms with Gasteiger partial charge in [0.05, 0.1) is 0 Å². The number of nitrogens with one attached hydrogen (secondary N) is 1. The SMILES string of the molecule is CCCC1NC(=O)C(CCC)N(CCCC(C)C)C1=O. The van der Waals surface area contributed by atoms with Gasteiger partial charge in [0.1, 0.15) is 12.1 Å². The van der Waals surface area contributed by atoms with Gasteiger partial charge in [-0.05, 0) is 31.6 Å². The second-order valence-corrected chi connectivity index (χ2v) is 6.22. The first kappa shape index (κ1) is 17.0. The number of rotatable bonds is 8. The van der Waals surface area contributed by atoms with Crippen LogP contribution in [0.4, 0.5) is 0 Å². The Morgan fingerprint density at radius 2 is 1.80 bits per heavy atom. The van der Waals surface area contributed by atoms with E-state index in [9.17, 15) is 9.59 Å². The molecule has 0 aromatic carbocycles. The summed E-state index contributed by atoms with van der Waals surface area (Å²) in [4.78, 5) is 26.6. The summed E-state index contributed by atoms with van der Waals surface area (Å²) in [6.07, 6.45) is 5.42. The summed E-state index contributed by atoms with van der Waals surface area (Å²) in [6.45, 7) is 9.19. The summed E-state index contributed by atoms with van der Waals surface area (Å²) in [5, 5.41) is 2.90. The first-order valence-corrected chi connectivity index (χ1v) is 8.12. The van der Waals surface area contributed by atoms with Crippen LogP contribution in [0, 0.1) is 5.92 Å². The number of amides is 2. The Hall–Kier alpha value is -1.06. The molecule has 1 aliphatic rings. The molecule has 0 radical (unpaired) electrons. The zero-order valence-electron chi connectivity index (χ0n) is 13.4. The molecule has 1 aliphatic heterocycles. The van der Waals surface area contributed by atoms with Crippen LogP contribution in [0.15, 0.2) is 0 Å². The molecule has 4 nitrogen and oxygen atoms in total. The lowest BCUT2D eigenvalue weighted by Crippen LogP contribution is -2.63. The van der Waals surface area contributed by atoms with E-state index < -0.39 is 0 Å². The number of piperazine rings is 1. The Kier molecular flexibility index (Phi) is 7.03. The van der Waals surface area contributed by atoms with E-state index in [0.29, 0.717) is 5.92 Å². The average Bonchev–Trinajstić information content (AvgIpc) is 2.38. The van der Waals surface area contributed by atoms with Gasteiger partial charge in [-0.1, -0.05) is 40.5 Å². The first-order chi connectivity index (χ1) is 9.51. The van der Waals surface area contributed by atoms with E-state index in [1.165, 1.54) is 0 Å². The van der Waals surface area contributed by atoms with Crippen molar-refractivity contribution in [3.8, 4) is 0 Å². The maximum atomic E-state index is 12.5. The second kappa shape index (κ2) is 8.28. The lowest BCUT2D eigenvalue weighted by molar-refractivity contribution is -0.150. The normalized spacial score (nSPS) is 23.4. The predicted octanol–water partition coefficient (Wildman–Crippen LogP) is 2.72. The Bertz CT molecular complexity index is 328. The molecule has 1 heterocycles. The van der Waals surface area contributed by atoms with Gasteiger partial charge in [-0.2, -0.15) is 0 Å². The molecule has 4 heteroatoms. The van der Waals surface area contributed by atoms with Gasteiger partial charge in [0.2, 0.25) is 11.8 Å². The van der Waals surface area contributed by atoms with Crippen molar-refractivity contribution in [1.29, 1.82) is 0 Å². The molecule has 2 amide bonds. The number of nitrogens with zero attached hydrogens (tertiary/aromatic N) is 1. The predicted molar refractivity (Wildman–Crippen MR) is 81.3 cm³/mol. The Morgan fingerprint density at radius 1 is 1.15 bits per heavy atom. The van der Waals surface area contributed by atoms with E-state index in [2.05, 4.69) is 26.1 Å². The van der Waals surface area contributed by atoms with Crippen molar-refractivity contribution in [3.05, 3.63) is 0 Å². The van der Waals surface area contributed by atoms with Crippen molar-refractivity contribution < 1.29 is 9.59 Å². The molecular formula is C16H30N2O2. The third-order valence-electron chi connectivity index (χ3n) is 3.90. The Labute approximate surface area is 123 Å². The maximum absolute atomic E-state index is 12.5. The average molecular weight is 282 g/mol. The van der Waals surface area contributed by atoms with Gasteiger partial charge in [-0.3, -0.25) is 9.59 Å². The second-order valence-electron chi connectivity index (χ2n) is 6.22. The zero-order valence-corrected chi connectivity index (χ0v) is 13.4. The number of carbonyl (C=O) groups is 2. The summed E-state index contributed by atoms with van der Waals surface area (Å²) < 4.78 is 0. The minimum absolute atomic E-state index is 0.0365. The fourth-order valence-corrected chi connectivity index (χ4v) is 2.81. The van der Waals surface area contributed by atoms with Gasteiger partial charge in [0.15, 0.2) is 0 Å². The van der Waals surface area contributed by atoms with E-state index in [1.807, 2.05) is 11.8 Å². The molecule has 116 valence electrons. The lowest BCUT2D eigenvalue weighted by Gasteiger charge is -2.39. The number of carbonyl (C=O) groups excluding carboxylic acids is 2. The molecule has 0 spiro atoms. The number of hydrogen-bond acceptors (Lipinski definition) is 2. The molecule has 1 N–H and O–H groups in total. The minimum atomic E-state index is -0.306. The van der Waals surface area contributed by atoms with Crippen LogP contribution in [0.3, 0.4) is 0 Å². The van der Waals surface area contributed by atoms with Crippen molar-refractivity contribution >= 4 is 11.8 Å². The van der Waals surface area contributed by atoms with Crippen molar-refractivity contribution in [2.75, 3.05) is 6.54 Å². The molecular weight excluding hydrogens is 252 g/mol. The van der Waals surface area contributed by atoms with Crippen LogP contribution < -0.4 is 5.32 Å². The van der Waals surface area contributed by atoms with Crippen LogP contribution >= 0.6 is 0 Å². The molecule has 20 heavy (non-hydrogen) atoms. The monoisotopic (exact) mass is 282 g/mol. The highest BCUT2D eigenvalue weighted by molar-refractivity contribution is 5.96. The van der Waals surface area contributed by atoms with Gasteiger partial charge in [0.25, 0.3) is 0 Å². The summed E-state index contributed by atoms with van der Waals surface area (Å²) in [6, 6.07) is -0.563. The third-order valence-corrected chi connectivity index (χ3v) is 3.90. The van der Waals surface area contributed by atoms with Gasteiger partial charge >= 0.3 is 0 Å². The van der Waals surface area contributed by atoms with Crippen LogP contribution in [-0.2, 0) is 9.59 Å². The van der Waals surface area contributed by atoms with Crippen molar-refractivity contribution in [1.82, 2.24) is 10.2 Å². The van der Waals surface area contributed by atoms with E-state index in [1.54, 1.807) is 0 Å². The van der Waals surface area contributed by atoms with Crippen LogP contribution in [0.2, 0.25) is 0 Å². The number of hydrogen-bond donors (Lipinski definition) is 1. The summed E-state index contributed by atoms with van der Waals surface area (Å²) in [5.41, 5.74) is 0. The minimum Gasteiger partial charge on any atom is -0.343 e. The molecule has 0 saturated carbocycles. The van der Waals surface area contributed by atoms with Crippen LogP contribution in [-0.4, -0.2) is 35.3 Å². The molecule has 0 aromatic rings. The molecule has 2 unspecified atom stereocenters. The molecule has 1 rings (SSSR count). The van der Waals surface area contributed by atoms with Gasteiger partial charge < -0.3 is 10.2 Å². The molecule has 0 bridgehead atoms. The van der Waals surface area contributed by atoms with Crippen LogP contribution in [0.25, 0.3) is 0 Å². The van der Waals surface area contributed by atoms with E-state index in [0.717, 1.165) is 45.1 Å². The first-order valence-electron chi connectivity index (χ1n) is 8.12. The fourth-order valence-electron chi connectivity index (χ4n) is 2.81. The fraction of sp³-hybridized carbons (Fsp3) is 0.875. The lowest BCUT2D eigenvalue weighted by atomic mass is 9.99. The van der Waals surface area contributed by atoms with E-state index in [4.69, 9.17) is 0 Å². The topological polar surface area (TPSA) is 49.4 Å². The highest BCUT2D eigenvalue weighted by atomic mass is 16.2. The van der Waals surface area contributed by atoms with E-state index in [-0.39, 0.29) is 23.9 Å². The zero-order chi connectivity index (χ0) is 15.1. The Balaban J connectivity index is 2.73. The molecule has 1 fully saturated rings. The largest absolute Gasteiger partial charge is 0.343 e.